The lowest BCUT2D eigenvalue weighted by Crippen LogP contribution is -2.49. The van der Waals surface area contributed by atoms with E-state index in [2.05, 4.69) is 43.4 Å². The topological polar surface area (TPSA) is 105 Å². The van der Waals surface area contributed by atoms with Crippen molar-refractivity contribution in [1.82, 2.24) is 15.1 Å². The van der Waals surface area contributed by atoms with Gasteiger partial charge in [0.15, 0.2) is 0 Å². The van der Waals surface area contributed by atoms with Crippen LogP contribution in [-0.2, 0) is 4.79 Å². The van der Waals surface area contributed by atoms with Crippen molar-refractivity contribution in [2.45, 2.75) is 12.3 Å². The number of anilines is 1. The number of urea groups is 1. The number of hydrogen-bond acceptors (Lipinski definition) is 5. The largest absolute Gasteiger partial charge is 0.490 e. The van der Waals surface area contributed by atoms with E-state index in [0.29, 0.717) is 12.2 Å². The van der Waals surface area contributed by atoms with Crippen LogP contribution in [0.15, 0.2) is 28.7 Å². The van der Waals surface area contributed by atoms with E-state index < -0.39 is 18.2 Å². The second kappa shape index (κ2) is 12.0. The summed E-state index contributed by atoms with van der Waals surface area (Å²) in [4.78, 5) is 25.2. The van der Waals surface area contributed by atoms with Crippen LogP contribution in [0, 0.1) is 0 Å². The van der Waals surface area contributed by atoms with E-state index in [0.717, 1.165) is 30.7 Å². The number of aliphatic carboxylic acids is 1. The first-order valence-electron chi connectivity index (χ1n) is 8.67. The van der Waals surface area contributed by atoms with Crippen LogP contribution in [0.4, 0.5) is 23.7 Å². The maximum Gasteiger partial charge on any atom is 0.490 e. The summed E-state index contributed by atoms with van der Waals surface area (Å²) in [5, 5.41) is 22.6. The molecule has 1 aromatic carbocycles. The Morgan fingerprint density at radius 2 is 1.69 bits per heavy atom. The molecule has 12 heteroatoms. The van der Waals surface area contributed by atoms with Crippen molar-refractivity contribution >= 4 is 33.6 Å². The van der Waals surface area contributed by atoms with Crippen LogP contribution in [0.5, 0.6) is 0 Å². The molecule has 0 saturated carbocycles. The molecule has 2 amide bonds. The van der Waals surface area contributed by atoms with Crippen molar-refractivity contribution in [3.63, 3.8) is 0 Å². The molecule has 0 bridgehead atoms. The summed E-state index contributed by atoms with van der Waals surface area (Å²) in [6, 6.07) is 7.03. The van der Waals surface area contributed by atoms with E-state index in [-0.39, 0.29) is 12.6 Å². The number of carboxylic acid groups (broad SMARTS) is 1. The molecular weight excluding hydrogens is 461 g/mol. The summed E-state index contributed by atoms with van der Waals surface area (Å²) in [6.07, 6.45) is -5.64. The number of halogens is 4. The highest BCUT2D eigenvalue weighted by atomic mass is 79.9. The molecule has 1 heterocycles. The minimum atomic E-state index is -5.08. The van der Waals surface area contributed by atoms with Crippen molar-refractivity contribution in [3.8, 4) is 0 Å². The Morgan fingerprint density at radius 1 is 1.17 bits per heavy atom. The van der Waals surface area contributed by atoms with Crippen LogP contribution in [0.3, 0.4) is 0 Å². The number of amides is 2. The molecule has 1 aliphatic heterocycles. The number of carboxylic acids is 1. The molecule has 1 fully saturated rings. The van der Waals surface area contributed by atoms with Gasteiger partial charge in [-0.3, -0.25) is 4.90 Å². The second-order valence-electron chi connectivity index (χ2n) is 6.40. The summed E-state index contributed by atoms with van der Waals surface area (Å²) in [5.74, 6) is -2.76. The number of benzene rings is 1. The number of aliphatic hydroxyl groups excluding tert-OH is 1. The molecule has 1 atom stereocenters. The Morgan fingerprint density at radius 3 is 2.17 bits per heavy atom. The molecule has 1 saturated heterocycles. The quantitative estimate of drug-likeness (QED) is 0.508. The average molecular weight is 485 g/mol. The summed E-state index contributed by atoms with van der Waals surface area (Å²) >= 11 is 3.34. The highest BCUT2D eigenvalue weighted by Crippen LogP contribution is 2.14. The maximum atomic E-state index is 11.8. The first kappa shape index (κ1) is 25.1. The normalized spacial score (nSPS) is 16.3. The summed E-state index contributed by atoms with van der Waals surface area (Å²) in [5.41, 5.74) is 0.717. The SMILES string of the molecule is CN1CCN(CC(O)CNC(=O)Nc2ccc(Br)cc2)CC1.O=C(O)C(F)(F)F. The number of hydrogen-bond donors (Lipinski definition) is 4. The third-order valence-corrected chi connectivity index (χ3v) is 4.44. The molecule has 164 valence electrons. The fraction of sp³-hybridized carbons (Fsp3) is 0.529. The number of β-amino-alcohol motifs (C(OH)–C–C–N with tert-alkyl or cyclic N) is 1. The Kier molecular flexibility index (Phi) is 10.4. The summed E-state index contributed by atoms with van der Waals surface area (Å²) < 4.78 is 32.7. The van der Waals surface area contributed by atoms with Gasteiger partial charge < -0.3 is 25.7 Å². The van der Waals surface area contributed by atoms with Gasteiger partial charge in [-0.05, 0) is 31.3 Å². The van der Waals surface area contributed by atoms with Gasteiger partial charge in [0, 0.05) is 49.4 Å². The van der Waals surface area contributed by atoms with E-state index in [4.69, 9.17) is 9.90 Å². The standard InChI is InChI=1S/C15H23BrN4O2.C2HF3O2/c1-19-6-8-20(9-7-19)11-14(21)10-17-15(22)18-13-4-2-12(16)3-5-13;3-2(4,5)1(6)7/h2-5,14,21H,6-11H2,1H3,(H2,17,18,22);(H,6,7). The Labute approximate surface area is 174 Å². The van der Waals surface area contributed by atoms with Crippen LogP contribution in [0.25, 0.3) is 0 Å². The lowest BCUT2D eigenvalue weighted by molar-refractivity contribution is -0.192. The van der Waals surface area contributed by atoms with Crippen LogP contribution < -0.4 is 10.6 Å². The molecular formula is C17H24BrF3N4O4. The zero-order valence-electron chi connectivity index (χ0n) is 15.7. The number of alkyl halides is 3. The van der Waals surface area contributed by atoms with E-state index in [1.807, 2.05) is 24.3 Å². The molecule has 4 N–H and O–H groups in total. The summed E-state index contributed by atoms with van der Waals surface area (Å²) in [6.45, 7) is 4.78. The smallest absolute Gasteiger partial charge is 0.475 e. The molecule has 1 aromatic rings. The van der Waals surface area contributed by atoms with Crippen LogP contribution >= 0.6 is 15.9 Å². The summed E-state index contributed by atoms with van der Waals surface area (Å²) in [7, 11) is 2.10. The number of carbonyl (C=O) groups is 2. The van der Waals surface area contributed by atoms with Crippen LogP contribution in [0.2, 0.25) is 0 Å². The molecule has 29 heavy (non-hydrogen) atoms. The first-order chi connectivity index (χ1) is 13.5. The molecule has 8 nitrogen and oxygen atoms in total. The van der Waals surface area contributed by atoms with Gasteiger partial charge in [0.25, 0.3) is 0 Å². The molecule has 1 unspecified atom stereocenters. The predicted octanol–water partition coefficient (Wildman–Crippen LogP) is 1.81. The Bertz CT molecular complexity index is 653. The lowest BCUT2D eigenvalue weighted by Gasteiger charge is -2.33. The van der Waals surface area contributed by atoms with Crippen molar-refractivity contribution < 1.29 is 33.0 Å². The molecule has 0 radical (unpaired) electrons. The van der Waals surface area contributed by atoms with Crippen molar-refractivity contribution in [2.24, 2.45) is 0 Å². The number of piperazine rings is 1. The number of likely N-dealkylation sites (N-methyl/N-ethyl adjacent to an activating group) is 1. The molecule has 1 aliphatic rings. The van der Waals surface area contributed by atoms with Crippen molar-refractivity contribution in [2.75, 3.05) is 51.6 Å². The monoisotopic (exact) mass is 484 g/mol. The number of nitrogens with zero attached hydrogens (tertiary/aromatic N) is 2. The molecule has 0 spiro atoms. The van der Waals surface area contributed by atoms with Gasteiger partial charge in [0.05, 0.1) is 6.10 Å². The van der Waals surface area contributed by atoms with Gasteiger partial charge >= 0.3 is 18.2 Å². The van der Waals surface area contributed by atoms with Gasteiger partial charge in [-0.1, -0.05) is 15.9 Å². The van der Waals surface area contributed by atoms with Gasteiger partial charge in [0.2, 0.25) is 0 Å². The van der Waals surface area contributed by atoms with E-state index in [1.54, 1.807) is 0 Å². The highest BCUT2D eigenvalue weighted by Gasteiger charge is 2.38. The zero-order valence-corrected chi connectivity index (χ0v) is 17.3. The van der Waals surface area contributed by atoms with E-state index >= 15 is 0 Å². The van der Waals surface area contributed by atoms with Crippen molar-refractivity contribution in [1.29, 1.82) is 0 Å². The van der Waals surface area contributed by atoms with Crippen LogP contribution in [-0.4, -0.2) is 90.6 Å². The fourth-order valence-electron chi connectivity index (χ4n) is 2.31. The lowest BCUT2D eigenvalue weighted by atomic mass is 10.2. The molecule has 0 aliphatic carbocycles. The third kappa shape index (κ3) is 11.0. The van der Waals surface area contributed by atoms with Crippen molar-refractivity contribution in [3.05, 3.63) is 28.7 Å². The number of aliphatic hydroxyl groups is 1. The zero-order chi connectivity index (χ0) is 22.0. The Balaban J connectivity index is 0.000000516. The van der Waals surface area contributed by atoms with Gasteiger partial charge in [-0.25, -0.2) is 9.59 Å². The Hall–Kier alpha value is -1.89. The second-order valence-corrected chi connectivity index (χ2v) is 7.32. The fourth-order valence-corrected chi connectivity index (χ4v) is 2.58. The maximum absolute atomic E-state index is 11.8. The molecule has 0 aromatic heterocycles. The third-order valence-electron chi connectivity index (χ3n) is 3.91. The number of nitrogens with one attached hydrogen (secondary N) is 2. The highest BCUT2D eigenvalue weighted by molar-refractivity contribution is 9.10. The van der Waals surface area contributed by atoms with Gasteiger partial charge in [0.1, 0.15) is 0 Å². The number of carbonyl (C=O) groups excluding carboxylic acids is 1. The number of rotatable bonds is 5. The predicted molar refractivity (Wildman–Crippen MR) is 105 cm³/mol. The van der Waals surface area contributed by atoms with E-state index in [9.17, 15) is 23.1 Å². The minimum Gasteiger partial charge on any atom is -0.475 e. The first-order valence-corrected chi connectivity index (χ1v) is 9.46. The van der Waals surface area contributed by atoms with Gasteiger partial charge in [-0.2, -0.15) is 13.2 Å². The average Bonchev–Trinajstić information content (AvgIpc) is 2.64. The van der Waals surface area contributed by atoms with E-state index in [1.165, 1.54) is 0 Å². The minimum absolute atomic E-state index is 0.245. The molecule has 2 rings (SSSR count). The van der Waals surface area contributed by atoms with Crippen LogP contribution in [0.1, 0.15) is 0 Å². The van der Waals surface area contributed by atoms with Gasteiger partial charge in [-0.15, -0.1) is 0 Å².